The molecule has 0 N–H and O–H groups in total. The van der Waals surface area contributed by atoms with Crippen LogP contribution in [0.5, 0.6) is 0 Å². The van der Waals surface area contributed by atoms with Crippen molar-refractivity contribution >= 4 is 8.07 Å². The third kappa shape index (κ3) is 2.85. The Kier molecular flexibility index (Phi) is 3.19. The lowest BCUT2D eigenvalue weighted by Gasteiger charge is -2.18. The van der Waals surface area contributed by atoms with Gasteiger partial charge in [-0.3, -0.25) is 0 Å². The Morgan fingerprint density at radius 3 is 1.78 bits per heavy atom. The van der Waals surface area contributed by atoms with E-state index in [9.17, 15) is 0 Å². The normalized spacial score (nSPS) is 14.1. The Hall–Kier alpha value is -0.0431. The first kappa shape index (κ1) is 8.96. The first-order valence-electron chi connectivity index (χ1n) is 3.68. The molecule has 54 valence electrons. The molecule has 1 heteroatoms. The summed E-state index contributed by atoms with van der Waals surface area (Å²) in [7, 11) is -0.926. The van der Waals surface area contributed by atoms with Crippen molar-refractivity contribution in [3.8, 4) is 0 Å². The van der Waals surface area contributed by atoms with Crippen LogP contribution in [0, 0.1) is 0 Å². The topological polar surface area (TPSA) is 0 Å². The second kappa shape index (κ2) is 3.21. The number of rotatable bonds is 2. The fourth-order valence-corrected chi connectivity index (χ4v) is 3.09. The lowest BCUT2D eigenvalue weighted by Crippen LogP contribution is -2.23. The van der Waals surface area contributed by atoms with E-state index in [-0.39, 0.29) is 0 Å². The third-order valence-corrected chi connectivity index (χ3v) is 4.26. The summed E-state index contributed by atoms with van der Waals surface area (Å²) >= 11 is 0. The maximum absolute atomic E-state index is 2.39. The zero-order chi connectivity index (χ0) is 7.49. The molecule has 0 saturated heterocycles. The Balaban J connectivity index is 4.14. The molecule has 9 heavy (non-hydrogen) atoms. The van der Waals surface area contributed by atoms with Gasteiger partial charge in [0.25, 0.3) is 0 Å². The van der Waals surface area contributed by atoms with E-state index in [1.807, 2.05) is 0 Å². The van der Waals surface area contributed by atoms with Crippen molar-refractivity contribution < 1.29 is 0 Å². The molecule has 0 aliphatic carbocycles. The molecule has 0 aromatic carbocycles. The molecule has 0 amide bonds. The number of allylic oxidation sites excluding steroid dienone is 2. The molecule has 0 radical (unpaired) electrons. The molecule has 0 atom stereocenters. The standard InChI is InChI=1S/C8H18Si/c1-6-8(7-2)9(3,4)5/h6H,7H2,1-5H3. The highest BCUT2D eigenvalue weighted by Gasteiger charge is 2.15. The van der Waals surface area contributed by atoms with Crippen molar-refractivity contribution in [3.05, 3.63) is 11.3 Å². The van der Waals surface area contributed by atoms with Crippen LogP contribution < -0.4 is 0 Å². The molecule has 0 fully saturated rings. The molecule has 0 unspecified atom stereocenters. The summed E-state index contributed by atoms with van der Waals surface area (Å²) in [6.07, 6.45) is 3.53. The highest BCUT2D eigenvalue weighted by Crippen LogP contribution is 2.16. The monoisotopic (exact) mass is 142 g/mol. The van der Waals surface area contributed by atoms with E-state index >= 15 is 0 Å². The molecule has 0 saturated carbocycles. The van der Waals surface area contributed by atoms with Crippen LogP contribution in [-0.4, -0.2) is 8.07 Å². The van der Waals surface area contributed by atoms with Gasteiger partial charge in [0, 0.05) is 0 Å². The van der Waals surface area contributed by atoms with Crippen molar-refractivity contribution in [2.75, 3.05) is 0 Å². The van der Waals surface area contributed by atoms with Crippen molar-refractivity contribution in [3.63, 3.8) is 0 Å². The molecule has 0 heterocycles. The van der Waals surface area contributed by atoms with Crippen molar-refractivity contribution in [2.45, 2.75) is 39.9 Å². The number of hydrogen-bond donors (Lipinski definition) is 0. The van der Waals surface area contributed by atoms with Crippen LogP contribution in [0.2, 0.25) is 19.6 Å². The Bertz CT molecular complexity index is 106. The van der Waals surface area contributed by atoms with Crippen LogP contribution in [0.3, 0.4) is 0 Å². The summed E-state index contributed by atoms with van der Waals surface area (Å²) in [5.74, 6) is 0. The van der Waals surface area contributed by atoms with Gasteiger partial charge in [0.1, 0.15) is 0 Å². The summed E-state index contributed by atoms with van der Waals surface area (Å²) in [5.41, 5.74) is 0. The second-order valence-electron chi connectivity index (χ2n) is 3.42. The predicted molar refractivity (Wildman–Crippen MR) is 47.4 cm³/mol. The Morgan fingerprint density at radius 2 is 1.78 bits per heavy atom. The first-order chi connectivity index (χ1) is 4.02. The summed E-state index contributed by atoms with van der Waals surface area (Å²) < 4.78 is 0. The minimum atomic E-state index is -0.926. The fourth-order valence-electron chi connectivity index (χ4n) is 1.17. The maximum Gasteiger partial charge on any atom is 0.0719 e. The first-order valence-corrected chi connectivity index (χ1v) is 7.18. The second-order valence-corrected chi connectivity index (χ2v) is 8.56. The highest BCUT2D eigenvalue weighted by molar-refractivity contribution is 6.83. The van der Waals surface area contributed by atoms with E-state index in [0.29, 0.717) is 0 Å². The molecule has 0 aromatic heterocycles. The average molecular weight is 142 g/mol. The van der Waals surface area contributed by atoms with Gasteiger partial charge >= 0.3 is 0 Å². The quantitative estimate of drug-likeness (QED) is 0.519. The van der Waals surface area contributed by atoms with Gasteiger partial charge < -0.3 is 0 Å². The molecule has 0 rings (SSSR count). The predicted octanol–water partition coefficient (Wildman–Crippen LogP) is 3.22. The molecular formula is C8H18Si. The molecule has 0 aliphatic heterocycles. The van der Waals surface area contributed by atoms with Crippen molar-refractivity contribution in [1.29, 1.82) is 0 Å². The average Bonchev–Trinajstić information content (AvgIpc) is 1.65. The summed E-state index contributed by atoms with van der Waals surface area (Å²) in [6, 6.07) is 0. The molecule has 0 aromatic rings. The van der Waals surface area contributed by atoms with E-state index in [0.717, 1.165) is 0 Å². The van der Waals surface area contributed by atoms with Crippen LogP contribution in [-0.2, 0) is 0 Å². The van der Waals surface area contributed by atoms with Crippen LogP contribution >= 0.6 is 0 Å². The van der Waals surface area contributed by atoms with Crippen LogP contribution in [0.4, 0.5) is 0 Å². The van der Waals surface area contributed by atoms with Crippen molar-refractivity contribution in [2.24, 2.45) is 0 Å². The van der Waals surface area contributed by atoms with E-state index in [2.05, 4.69) is 39.6 Å². The molecule has 0 bridgehead atoms. The summed E-state index contributed by atoms with van der Waals surface area (Å²) in [4.78, 5) is 0. The van der Waals surface area contributed by atoms with E-state index in [1.54, 1.807) is 5.20 Å². The minimum absolute atomic E-state index is 0.926. The third-order valence-electron chi connectivity index (χ3n) is 1.69. The van der Waals surface area contributed by atoms with Gasteiger partial charge in [-0.1, -0.05) is 37.8 Å². The van der Waals surface area contributed by atoms with Gasteiger partial charge in [0.15, 0.2) is 0 Å². The zero-order valence-electron chi connectivity index (χ0n) is 7.28. The largest absolute Gasteiger partial charge is 0.0923 e. The smallest absolute Gasteiger partial charge is 0.0719 e. The zero-order valence-corrected chi connectivity index (χ0v) is 8.28. The van der Waals surface area contributed by atoms with Crippen molar-refractivity contribution in [1.82, 2.24) is 0 Å². The number of hydrogen-bond acceptors (Lipinski definition) is 0. The SMILES string of the molecule is CC=C(CC)[Si](C)(C)C. The molecule has 0 aliphatic rings. The van der Waals surface area contributed by atoms with Gasteiger partial charge in [-0.25, -0.2) is 0 Å². The fraction of sp³-hybridized carbons (Fsp3) is 0.750. The molecular weight excluding hydrogens is 124 g/mol. The van der Waals surface area contributed by atoms with Gasteiger partial charge in [0.05, 0.1) is 8.07 Å². The summed E-state index contributed by atoms with van der Waals surface area (Å²) in [6.45, 7) is 11.6. The molecule has 0 nitrogen and oxygen atoms in total. The van der Waals surface area contributed by atoms with Gasteiger partial charge in [0.2, 0.25) is 0 Å². The van der Waals surface area contributed by atoms with Crippen LogP contribution in [0.1, 0.15) is 20.3 Å². The van der Waals surface area contributed by atoms with Gasteiger partial charge in [-0.2, -0.15) is 0 Å². The van der Waals surface area contributed by atoms with E-state index in [4.69, 9.17) is 0 Å². The molecule has 0 spiro atoms. The van der Waals surface area contributed by atoms with E-state index in [1.165, 1.54) is 6.42 Å². The highest BCUT2D eigenvalue weighted by atomic mass is 28.3. The minimum Gasteiger partial charge on any atom is -0.0923 e. The van der Waals surface area contributed by atoms with Gasteiger partial charge in [-0.15, -0.1) is 0 Å². The Labute approximate surface area is 60.0 Å². The summed E-state index contributed by atoms with van der Waals surface area (Å²) in [5, 5.41) is 1.68. The van der Waals surface area contributed by atoms with E-state index < -0.39 is 8.07 Å². The van der Waals surface area contributed by atoms with Crippen LogP contribution in [0.25, 0.3) is 0 Å². The maximum atomic E-state index is 2.39. The van der Waals surface area contributed by atoms with Gasteiger partial charge in [-0.05, 0) is 13.3 Å². The lowest BCUT2D eigenvalue weighted by atomic mass is 10.4. The van der Waals surface area contributed by atoms with Crippen LogP contribution in [0.15, 0.2) is 11.3 Å². The Morgan fingerprint density at radius 1 is 1.33 bits per heavy atom. The lowest BCUT2D eigenvalue weighted by molar-refractivity contribution is 1.16.